The topological polar surface area (TPSA) is 21.3 Å². The molecule has 2 saturated carbocycles. The second-order valence-electron chi connectivity index (χ2n) is 7.72. The molecule has 2 heteroatoms. The molecule has 1 N–H and O–H groups in total. The Hall–Kier alpha value is -1.02. The number of hydrogen-bond donors (Lipinski definition) is 1. The molecule has 2 unspecified atom stereocenters. The fraction of sp³-hybridized carbons (Fsp3) is 0.684. The van der Waals surface area contributed by atoms with Crippen LogP contribution in [0.15, 0.2) is 24.3 Å². The molecule has 3 rings (SSSR count). The van der Waals surface area contributed by atoms with Crippen LogP contribution in [-0.4, -0.2) is 19.7 Å². The van der Waals surface area contributed by atoms with Gasteiger partial charge in [-0.15, -0.1) is 0 Å². The highest BCUT2D eigenvalue weighted by molar-refractivity contribution is 5.31. The minimum absolute atomic E-state index is 0.470. The first-order chi connectivity index (χ1) is 10.1. The fourth-order valence-corrected chi connectivity index (χ4v) is 3.71. The lowest BCUT2D eigenvalue weighted by Gasteiger charge is -2.41. The Bertz CT molecular complexity index is 461. The molecule has 0 heterocycles. The Morgan fingerprint density at radius 3 is 2.48 bits per heavy atom. The van der Waals surface area contributed by atoms with Gasteiger partial charge in [-0.05, 0) is 80.6 Å². The summed E-state index contributed by atoms with van der Waals surface area (Å²) in [4.78, 5) is 0. The third kappa shape index (κ3) is 3.79. The highest BCUT2D eigenvalue weighted by Gasteiger charge is 2.35. The van der Waals surface area contributed by atoms with Crippen molar-refractivity contribution in [3.05, 3.63) is 29.8 Å². The first-order valence-corrected chi connectivity index (χ1v) is 8.49. The summed E-state index contributed by atoms with van der Waals surface area (Å²) >= 11 is 0. The molecule has 0 aliphatic heterocycles. The molecule has 0 saturated heterocycles. The highest BCUT2D eigenvalue weighted by atomic mass is 16.5. The van der Waals surface area contributed by atoms with Gasteiger partial charge in [0, 0.05) is 0 Å². The van der Waals surface area contributed by atoms with Gasteiger partial charge in [0.05, 0.1) is 6.10 Å². The van der Waals surface area contributed by atoms with Gasteiger partial charge in [0.2, 0.25) is 0 Å². The van der Waals surface area contributed by atoms with E-state index in [1.165, 1.54) is 37.7 Å². The van der Waals surface area contributed by atoms with Crippen molar-refractivity contribution in [1.29, 1.82) is 0 Å². The van der Waals surface area contributed by atoms with Gasteiger partial charge in [0.15, 0.2) is 0 Å². The summed E-state index contributed by atoms with van der Waals surface area (Å²) in [5.74, 6) is 2.48. The molecule has 2 aliphatic carbocycles. The number of ether oxygens (including phenoxy) is 1. The Morgan fingerprint density at radius 1 is 1.14 bits per heavy atom. The van der Waals surface area contributed by atoms with Crippen LogP contribution < -0.4 is 10.1 Å². The van der Waals surface area contributed by atoms with Gasteiger partial charge in [0.25, 0.3) is 0 Å². The third-order valence-corrected chi connectivity index (χ3v) is 5.14. The second-order valence-corrected chi connectivity index (χ2v) is 7.72. The van der Waals surface area contributed by atoms with E-state index in [0.717, 1.165) is 18.2 Å². The summed E-state index contributed by atoms with van der Waals surface area (Å²) in [7, 11) is 2.07. The molecule has 0 spiro atoms. The summed E-state index contributed by atoms with van der Waals surface area (Å²) in [6.07, 6.45) is 6.91. The predicted molar refractivity (Wildman–Crippen MR) is 87.9 cm³/mol. The second kappa shape index (κ2) is 6.00. The molecule has 2 aliphatic rings. The molecular formula is C19H29NO. The largest absolute Gasteiger partial charge is 0.490 e. The van der Waals surface area contributed by atoms with Crippen LogP contribution in [0.25, 0.3) is 0 Å². The van der Waals surface area contributed by atoms with Crippen molar-refractivity contribution >= 4 is 0 Å². The average Bonchev–Trinajstić information content (AvgIpc) is 3.26. The molecule has 2 nitrogen and oxygen atoms in total. The van der Waals surface area contributed by atoms with Crippen molar-refractivity contribution < 1.29 is 4.74 Å². The minimum atomic E-state index is 0.470. The molecule has 0 amide bonds. The zero-order valence-corrected chi connectivity index (χ0v) is 13.7. The van der Waals surface area contributed by atoms with Crippen molar-refractivity contribution in [2.24, 2.45) is 11.3 Å². The lowest BCUT2D eigenvalue weighted by Crippen LogP contribution is -2.33. The van der Waals surface area contributed by atoms with Gasteiger partial charge < -0.3 is 10.1 Å². The Kier molecular flexibility index (Phi) is 4.26. The highest BCUT2D eigenvalue weighted by Crippen LogP contribution is 2.46. The molecule has 0 radical (unpaired) electrons. The summed E-state index contributed by atoms with van der Waals surface area (Å²) in [5, 5.41) is 3.39. The van der Waals surface area contributed by atoms with Crippen LogP contribution in [-0.2, 0) is 0 Å². The maximum atomic E-state index is 5.87. The van der Waals surface area contributed by atoms with Crippen LogP contribution in [0.4, 0.5) is 0 Å². The normalized spacial score (nSPS) is 28.3. The monoisotopic (exact) mass is 287 g/mol. The van der Waals surface area contributed by atoms with Crippen LogP contribution in [0, 0.1) is 11.3 Å². The van der Waals surface area contributed by atoms with E-state index in [1.54, 1.807) is 0 Å². The molecule has 0 bridgehead atoms. The first-order valence-electron chi connectivity index (χ1n) is 8.49. The van der Waals surface area contributed by atoms with Crippen molar-refractivity contribution in [3.8, 4) is 5.75 Å². The maximum Gasteiger partial charge on any atom is 0.119 e. The molecular weight excluding hydrogens is 258 g/mol. The smallest absolute Gasteiger partial charge is 0.119 e. The molecule has 2 atom stereocenters. The van der Waals surface area contributed by atoms with Crippen LogP contribution in [0.2, 0.25) is 0 Å². The molecule has 1 aromatic rings. The van der Waals surface area contributed by atoms with Gasteiger partial charge in [-0.1, -0.05) is 26.0 Å². The zero-order chi connectivity index (χ0) is 14.9. The van der Waals surface area contributed by atoms with E-state index in [9.17, 15) is 0 Å². The molecule has 0 aromatic heterocycles. The van der Waals surface area contributed by atoms with E-state index >= 15 is 0 Å². The van der Waals surface area contributed by atoms with E-state index in [1.807, 2.05) is 0 Å². The van der Waals surface area contributed by atoms with Crippen molar-refractivity contribution in [2.75, 3.05) is 13.6 Å². The van der Waals surface area contributed by atoms with E-state index in [4.69, 9.17) is 4.74 Å². The summed E-state index contributed by atoms with van der Waals surface area (Å²) in [6.45, 7) is 5.96. The maximum absolute atomic E-state index is 5.87. The Morgan fingerprint density at radius 2 is 1.86 bits per heavy atom. The van der Waals surface area contributed by atoms with Crippen LogP contribution in [0.3, 0.4) is 0 Å². The first kappa shape index (κ1) is 14.9. The van der Waals surface area contributed by atoms with E-state index in [-0.39, 0.29) is 0 Å². The van der Waals surface area contributed by atoms with Crippen molar-refractivity contribution in [3.63, 3.8) is 0 Å². The van der Waals surface area contributed by atoms with Crippen LogP contribution in [0.1, 0.15) is 57.4 Å². The SMILES string of the molecule is CNCC1CCC(C)(C)CC1c1ccc(OC2CC2)cc1. The van der Waals surface area contributed by atoms with Gasteiger partial charge in [-0.3, -0.25) is 0 Å². The Balaban J connectivity index is 1.74. The third-order valence-electron chi connectivity index (χ3n) is 5.14. The molecule has 116 valence electrons. The van der Waals surface area contributed by atoms with Crippen LogP contribution in [0.5, 0.6) is 5.75 Å². The quantitative estimate of drug-likeness (QED) is 0.869. The van der Waals surface area contributed by atoms with Crippen LogP contribution >= 0.6 is 0 Å². The van der Waals surface area contributed by atoms with E-state index in [0.29, 0.717) is 17.4 Å². The number of rotatable bonds is 5. The lowest BCUT2D eigenvalue weighted by molar-refractivity contribution is 0.161. The van der Waals surface area contributed by atoms with Crippen molar-refractivity contribution in [2.45, 2.75) is 58.0 Å². The van der Waals surface area contributed by atoms with Gasteiger partial charge in [-0.25, -0.2) is 0 Å². The average molecular weight is 287 g/mol. The molecule has 21 heavy (non-hydrogen) atoms. The van der Waals surface area contributed by atoms with Crippen molar-refractivity contribution in [1.82, 2.24) is 5.32 Å². The lowest BCUT2D eigenvalue weighted by atomic mass is 9.65. The Labute approximate surface area is 129 Å². The fourth-order valence-electron chi connectivity index (χ4n) is 3.71. The van der Waals surface area contributed by atoms with Gasteiger partial charge in [-0.2, -0.15) is 0 Å². The minimum Gasteiger partial charge on any atom is -0.490 e. The standard InChI is InChI=1S/C19H29NO/c1-19(2)11-10-15(13-20-3)18(12-19)14-4-6-16(7-5-14)21-17-8-9-17/h4-7,15,17-18,20H,8-13H2,1-3H3. The van der Waals surface area contributed by atoms with E-state index in [2.05, 4.69) is 50.5 Å². The van der Waals surface area contributed by atoms with Gasteiger partial charge in [0.1, 0.15) is 5.75 Å². The number of nitrogens with one attached hydrogen (secondary N) is 1. The zero-order valence-electron chi connectivity index (χ0n) is 13.7. The number of benzene rings is 1. The van der Waals surface area contributed by atoms with E-state index < -0.39 is 0 Å². The predicted octanol–water partition coefficient (Wildman–Crippen LogP) is 4.36. The summed E-state index contributed by atoms with van der Waals surface area (Å²) in [5.41, 5.74) is 1.96. The molecule has 2 fully saturated rings. The molecule has 1 aromatic carbocycles. The number of hydrogen-bond acceptors (Lipinski definition) is 2. The van der Waals surface area contributed by atoms with Gasteiger partial charge >= 0.3 is 0 Å². The summed E-state index contributed by atoms with van der Waals surface area (Å²) < 4.78 is 5.87. The summed E-state index contributed by atoms with van der Waals surface area (Å²) in [6, 6.07) is 8.94.